The summed E-state index contributed by atoms with van der Waals surface area (Å²) < 4.78 is 39.3. The fraction of sp³-hybridized carbons (Fsp3) is 0.400. The number of nitro groups is 1. The van der Waals surface area contributed by atoms with Gasteiger partial charge in [-0.25, -0.2) is 0 Å². The van der Waals surface area contributed by atoms with E-state index in [0.717, 1.165) is 12.1 Å². The summed E-state index contributed by atoms with van der Waals surface area (Å²) >= 11 is 0. The normalized spacial score (nSPS) is 12.9. The third-order valence-corrected chi connectivity index (χ3v) is 2.05. The summed E-state index contributed by atoms with van der Waals surface area (Å²) in [4.78, 5) is 9.90. The van der Waals surface area contributed by atoms with Crippen LogP contribution in [0.3, 0.4) is 0 Å². The van der Waals surface area contributed by atoms with E-state index >= 15 is 0 Å². The van der Waals surface area contributed by atoms with Gasteiger partial charge in [-0.15, -0.1) is 13.2 Å². The van der Waals surface area contributed by atoms with Gasteiger partial charge in [0.25, 0.3) is 0 Å². The Morgan fingerprint density at radius 3 is 2.39 bits per heavy atom. The maximum absolute atomic E-state index is 11.9. The summed E-state index contributed by atoms with van der Waals surface area (Å²) in [5.74, 6) is -0.338. The molecule has 1 atom stereocenters. The summed E-state index contributed by atoms with van der Waals surface area (Å²) in [7, 11) is 0. The van der Waals surface area contributed by atoms with Gasteiger partial charge in [0.1, 0.15) is 5.75 Å². The molecule has 1 rings (SSSR count). The lowest BCUT2D eigenvalue weighted by Gasteiger charge is -2.10. The molecule has 1 aromatic carbocycles. The molecule has 0 spiro atoms. The van der Waals surface area contributed by atoms with Gasteiger partial charge in [-0.05, 0) is 24.3 Å². The van der Waals surface area contributed by atoms with Gasteiger partial charge in [-0.3, -0.25) is 10.1 Å². The van der Waals surface area contributed by atoms with Crippen molar-refractivity contribution in [2.24, 2.45) is 0 Å². The van der Waals surface area contributed by atoms with Gasteiger partial charge in [0, 0.05) is 17.5 Å². The van der Waals surface area contributed by atoms with Gasteiger partial charge in [0.2, 0.25) is 6.04 Å². The van der Waals surface area contributed by atoms with Crippen LogP contribution in [0.1, 0.15) is 6.92 Å². The van der Waals surface area contributed by atoms with Gasteiger partial charge in [-0.2, -0.15) is 0 Å². The zero-order valence-electron chi connectivity index (χ0n) is 9.40. The first kappa shape index (κ1) is 14.1. The summed E-state index contributed by atoms with van der Waals surface area (Å²) in [5.41, 5.74) is 0.484. The Morgan fingerprint density at radius 2 is 1.94 bits per heavy atom. The largest absolute Gasteiger partial charge is 0.573 e. The molecule has 100 valence electrons. The van der Waals surface area contributed by atoms with E-state index in [-0.39, 0.29) is 12.3 Å². The molecule has 0 bridgehead atoms. The van der Waals surface area contributed by atoms with Gasteiger partial charge in [-0.1, -0.05) is 0 Å². The molecule has 0 aliphatic rings. The molecule has 0 amide bonds. The van der Waals surface area contributed by atoms with Gasteiger partial charge < -0.3 is 10.1 Å². The average molecular weight is 264 g/mol. The van der Waals surface area contributed by atoms with E-state index in [9.17, 15) is 23.3 Å². The first-order chi connectivity index (χ1) is 8.28. The molecule has 0 heterocycles. The van der Waals surface area contributed by atoms with E-state index < -0.39 is 17.3 Å². The molecule has 1 unspecified atom stereocenters. The summed E-state index contributed by atoms with van der Waals surface area (Å²) in [5, 5.41) is 13.1. The Morgan fingerprint density at radius 1 is 1.39 bits per heavy atom. The van der Waals surface area contributed by atoms with E-state index in [0.29, 0.717) is 5.69 Å². The summed E-state index contributed by atoms with van der Waals surface area (Å²) in [6.07, 6.45) is -4.73. The Bertz CT molecular complexity index is 406. The van der Waals surface area contributed by atoms with Gasteiger partial charge in [0.15, 0.2) is 0 Å². The number of hydrogen-bond donors (Lipinski definition) is 1. The van der Waals surface area contributed by atoms with Crippen molar-refractivity contribution in [3.05, 3.63) is 34.4 Å². The molecular weight excluding hydrogens is 253 g/mol. The maximum Gasteiger partial charge on any atom is 0.573 e. The van der Waals surface area contributed by atoms with Crippen LogP contribution in [0.5, 0.6) is 5.75 Å². The quantitative estimate of drug-likeness (QED) is 0.656. The number of rotatable bonds is 5. The molecule has 0 radical (unpaired) electrons. The first-order valence-corrected chi connectivity index (χ1v) is 5.01. The lowest BCUT2D eigenvalue weighted by molar-refractivity contribution is -0.514. The molecule has 8 heteroatoms. The van der Waals surface area contributed by atoms with Crippen molar-refractivity contribution < 1.29 is 22.8 Å². The molecule has 0 fully saturated rings. The number of alkyl halides is 3. The van der Waals surface area contributed by atoms with E-state index in [2.05, 4.69) is 10.1 Å². The van der Waals surface area contributed by atoms with Crippen LogP contribution in [0, 0.1) is 10.1 Å². The second-order valence-electron chi connectivity index (χ2n) is 3.59. The molecule has 0 aromatic heterocycles. The highest BCUT2D eigenvalue weighted by Gasteiger charge is 2.30. The van der Waals surface area contributed by atoms with Crippen LogP contribution in [0.4, 0.5) is 18.9 Å². The van der Waals surface area contributed by atoms with Crippen LogP contribution in [0.15, 0.2) is 24.3 Å². The van der Waals surface area contributed by atoms with Crippen molar-refractivity contribution in [1.29, 1.82) is 0 Å². The molecule has 1 aromatic rings. The second-order valence-corrected chi connectivity index (χ2v) is 3.59. The zero-order chi connectivity index (χ0) is 13.8. The SMILES string of the molecule is CC(CNc1ccc(OC(F)(F)F)cc1)[N+](=O)[O-]. The van der Waals surface area contributed by atoms with Crippen molar-refractivity contribution in [2.75, 3.05) is 11.9 Å². The molecular formula is C10H11F3N2O3. The lowest BCUT2D eigenvalue weighted by Crippen LogP contribution is -2.24. The fourth-order valence-electron chi connectivity index (χ4n) is 1.11. The molecule has 5 nitrogen and oxygen atoms in total. The molecule has 0 saturated heterocycles. The van der Waals surface area contributed by atoms with Crippen LogP contribution in [0.25, 0.3) is 0 Å². The summed E-state index contributed by atoms with van der Waals surface area (Å²) in [6.45, 7) is 1.51. The predicted molar refractivity (Wildman–Crippen MR) is 58.1 cm³/mol. The third-order valence-electron chi connectivity index (χ3n) is 2.05. The van der Waals surface area contributed by atoms with Crippen molar-refractivity contribution in [1.82, 2.24) is 0 Å². The number of benzene rings is 1. The van der Waals surface area contributed by atoms with Crippen molar-refractivity contribution in [2.45, 2.75) is 19.3 Å². The smallest absolute Gasteiger partial charge is 0.406 e. The summed E-state index contributed by atoms with van der Waals surface area (Å²) in [6, 6.07) is 4.19. The highest BCUT2D eigenvalue weighted by molar-refractivity contribution is 5.46. The number of halogens is 3. The number of nitrogens with one attached hydrogen (secondary N) is 1. The highest BCUT2D eigenvalue weighted by Crippen LogP contribution is 2.23. The van der Waals surface area contributed by atoms with E-state index in [1.54, 1.807) is 0 Å². The van der Waals surface area contributed by atoms with Crippen LogP contribution >= 0.6 is 0 Å². The first-order valence-electron chi connectivity index (χ1n) is 5.01. The monoisotopic (exact) mass is 264 g/mol. The molecule has 1 N–H and O–H groups in total. The standard InChI is InChI=1S/C10H11F3N2O3/c1-7(15(16)17)6-14-8-2-4-9(5-3-8)18-10(11,12)13/h2-5,7,14H,6H2,1H3. The fourth-order valence-corrected chi connectivity index (χ4v) is 1.11. The van der Waals surface area contributed by atoms with Gasteiger partial charge >= 0.3 is 6.36 Å². The number of nitrogens with zero attached hydrogens (tertiary/aromatic N) is 1. The van der Waals surface area contributed by atoms with Crippen molar-refractivity contribution >= 4 is 5.69 Å². The molecule has 0 aliphatic heterocycles. The predicted octanol–water partition coefficient (Wildman–Crippen LogP) is 2.66. The van der Waals surface area contributed by atoms with Crippen LogP contribution in [-0.2, 0) is 0 Å². The number of ether oxygens (including phenoxy) is 1. The second kappa shape index (κ2) is 5.56. The Hall–Kier alpha value is -1.99. The van der Waals surface area contributed by atoms with E-state index in [4.69, 9.17) is 0 Å². The topological polar surface area (TPSA) is 64.4 Å². The van der Waals surface area contributed by atoms with Gasteiger partial charge in [0.05, 0.1) is 6.54 Å². The number of anilines is 1. The van der Waals surface area contributed by atoms with Crippen LogP contribution in [0.2, 0.25) is 0 Å². The van der Waals surface area contributed by atoms with E-state index in [1.807, 2.05) is 0 Å². The van der Waals surface area contributed by atoms with Crippen molar-refractivity contribution in [3.63, 3.8) is 0 Å². The minimum absolute atomic E-state index is 0.0898. The minimum Gasteiger partial charge on any atom is -0.406 e. The Kier molecular flexibility index (Phi) is 4.35. The van der Waals surface area contributed by atoms with Crippen LogP contribution < -0.4 is 10.1 Å². The average Bonchev–Trinajstić information content (AvgIpc) is 2.25. The van der Waals surface area contributed by atoms with Crippen LogP contribution in [-0.4, -0.2) is 23.9 Å². The zero-order valence-corrected chi connectivity index (χ0v) is 9.40. The number of hydrogen-bond acceptors (Lipinski definition) is 4. The Balaban J connectivity index is 2.53. The van der Waals surface area contributed by atoms with Crippen molar-refractivity contribution in [3.8, 4) is 5.75 Å². The molecule has 18 heavy (non-hydrogen) atoms. The highest BCUT2D eigenvalue weighted by atomic mass is 19.4. The molecule has 0 saturated carbocycles. The Labute approximate surface area is 101 Å². The minimum atomic E-state index is -4.73. The third kappa shape index (κ3) is 4.89. The molecule has 0 aliphatic carbocycles. The van der Waals surface area contributed by atoms with E-state index in [1.165, 1.54) is 19.1 Å². The maximum atomic E-state index is 11.9. The lowest BCUT2D eigenvalue weighted by atomic mass is 10.3.